The third kappa shape index (κ3) is 2.76. The van der Waals surface area contributed by atoms with Gasteiger partial charge in [0, 0.05) is 12.7 Å². The zero-order chi connectivity index (χ0) is 12.3. The summed E-state index contributed by atoms with van der Waals surface area (Å²) in [6.45, 7) is 5.94. The molecule has 0 aliphatic carbocycles. The summed E-state index contributed by atoms with van der Waals surface area (Å²) in [7, 11) is 0. The van der Waals surface area contributed by atoms with Crippen LogP contribution in [0.25, 0.3) is 0 Å². The quantitative estimate of drug-likeness (QED) is 0.865. The summed E-state index contributed by atoms with van der Waals surface area (Å²) >= 11 is 0. The van der Waals surface area contributed by atoms with E-state index < -0.39 is 0 Å². The molecular weight excluding hydrogens is 216 g/mol. The smallest absolute Gasteiger partial charge is 0.128 e. The van der Waals surface area contributed by atoms with E-state index in [4.69, 9.17) is 9.84 Å². The first kappa shape index (κ1) is 12.3. The molecule has 0 bridgehead atoms. The number of hydrogen-bond acceptors (Lipinski definition) is 4. The van der Waals surface area contributed by atoms with Crippen molar-refractivity contribution in [3.8, 4) is 0 Å². The molecule has 4 nitrogen and oxygen atoms in total. The van der Waals surface area contributed by atoms with Gasteiger partial charge < -0.3 is 14.7 Å². The molecule has 94 valence electrons. The van der Waals surface area contributed by atoms with Crippen molar-refractivity contribution >= 4 is 5.82 Å². The minimum absolute atomic E-state index is 0.0456. The Kier molecular flexibility index (Phi) is 3.97. The number of ether oxygens (including phenoxy) is 1. The highest BCUT2D eigenvalue weighted by Crippen LogP contribution is 2.21. The zero-order valence-corrected chi connectivity index (χ0v) is 10.5. The normalized spacial score (nSPS) is 25.0. The number of morpholine rings is 1. The first-order valence-electron chi connectivity index (χ1n) is 6.18. The van der Waals surface area contributed by atoms with Gasteiger partial charge in [0.05, 0.1) is 25.4 Å². The molecule has 2 heterocycles. The van der Waals surface area contributed by atoms with Gasteiger partial charge in [0.2, 0.25) is 0 Å². The molecule has 4 heteroatoms. The monoisotopic (exact) mass is 236 g/mol. The summed E-state index contributed by atoms with van der Waals surface area (Å²) in [5.41, 5.74) is 0.850. The Morgan fingerprint density at radius 2 is 2.35 bits per heavy atom. The fourth-order valence-electron chi connectivity index (χ4n) is 2.14. The van der Waals surface area contributed by atoms with Crippen LogP contribution >= 0.6 is 0 Å². The van der Waals surface area contributed by atoms with Gasteiger partial charge in [-0.05, 0) is 25.0 Å². The molecule has 2 unspecified atom stereocenters. The van der Waals surface area contributed by atoms with E-state index in [1.54, 1.807) is 6.20 Å². The molecule has 0 spiro atoms. The molecule has 0 saturated carbocycles. The summed E-state index contributed by atoms with van der Waals surface area (Å²) in [4.78, 5) is 6.72. The number of aromatic nitrogens is 1. The maximum absolute atomic E-state index is 9.01. The summed E-state index contributed by atoms with van der Waals surface area (Å²) in [6, 6.07) is 4.31. The summed E-state index contributed by atoms with van der Waals surface area (Å²) in [6.07, 6.45) is 3.04. The standard InChI is InChI=1S/C13H20N2O2/c1-3-12-9-17-10(2)7-15(12)13-5-4-11(8-16)6-14-13/h4-6,10,12,16H,3,7-9H2,1-2H3. The van der Waals surface area contributed by atoms with Gasteiger partial charge in [0.25, 0.3) is 0 Å². The van der Waals surface area contributed by atoms with Crippen LogP contribution in [0, 0.1) is 0 Å². The minimum atomic E-state index is 0.0456. The Hall–Kier alpha value is -1.13. The molecule has 2 atom stereocenters. The van der Waals surface area contributed by atoms with Gasteiger partial charge in [0.15, 0.2) is 0 Å². The molecule has 0 aromatic carbocycles. The van der Waals surface area contributed by atoms with Crippen molar-refractivity contribution in [1.29, 1.82) is 0 Å². The molecule has 1 N–H and O–H groups in total. The average molecular weight is 236 g/mol. The van der Waals surface area contributed by atoms with Gasteiger partial charge in [-0.15, -0.1) is 0 Å². The topological polar surface area (TPSA) is 45.6 Å². The number of anilines is 1. The van der Waals surface area contributed by atoms with Crippen LogP contribution in [0.1, 0.15) is 25.8 Å². The highest BCUT2D eigenvalue weighted by molar-refractivity contribution is 5.41. The van der Waals surface area contributed by atoms with Crippen molar-refractivity contribution in [2.45, 2.75) is 39.0 Å². The third-order valence-electron chi connectivity index (χ3n) is 3.22. The van der Waals surface area contributed by atoms with Gasteiger partial charge >= 0.3 is 0 Å². The third-order valence-corrected chi connectivity index (χ3v) is 3.22. The van der Waals surface area contributed by atoms with E-state index in [1.165, 1.54) is 0 Å². The number of rotatable bonds is 3. The van der Waals surface area contributed by atoms with Gasteiger partial charge in [-0.2, -0.15) is 0 Å². The Labute approximate surface area is 102 Å². The molecule has 0 radical (unpaired) electrons. The van der Waals surface area contributed by atoms with E-state index in [9.17, 15) is 0 Å². The SMILES string of the molecule is CCC1COC(C)CN1c1ccc(CO)cn1. The van der Waals surface area contributed by atoms with Crippen molar-refractivity contribution in [2.75, 3.05) is 18.1 Å². The molecule has 2 rings (SSSR count). The Morgan fingerprint density at radius 1 is 1.53 bits per heavy atom. The molecule has 0 amide bonds. The van der Waals surface area contributed by atoms with Crippen molar-refractivity contribution in [1.82, 2.24) is 4.98 Å². The Balaban J connectivity index is 2.16. The maximum Gasteiger partial charge on any atom is 0.128 e. The second-order valence-electron chi connectivity index (χ2n) is 4.54. The van der Waals surface area contributed by atoms with Crippen LogP contribution in [0.15, 0.2) is 18.3 Å². The number of pyridine rings is 1. The molecule has 17 heavy (non-hydrogen) atoms. The predicted molar refractivity (Wildman–Crippen MR) is 67.0 cm³/mol. The van der Waals surface area contributed by atoms with Gasteiger partial charge in [0.1, 0.15) is 5.82 Å². The van der Waals surface area contributed by atoms with Crippen molar-refractivity contribution < 1.29 is 9.84 Å². The van der Waals surface area contributed by atoms with Crippen LogP contribution in [-0.2, 0) is 11.3 Å². The van der Waals surface area contributed by atoms with Crippen LogP contribution < -0.4 is 4.90 Å². The van der Waals surface area contributed by atoms with E-state index in [1.807, 2.05) is 12.1 Å². The lowest BCUT2D eigenvalue weighted by Gasteiger charge is -2.39. The number of aliphatic hydroxyl groups is 1. The van der Waals surface area contributed by atoms with Crippen molar-refractivity contribution in [2.24, 2.45) is 0 Å². The van der Waals surface area contributed by atoms with Crippen molar-refractivity contribution in [3.63, 3.8) is 0 Å². The Morgan fingerprint density at radius 3 is 2.94 bits per heavy atom. The molecule has 1 aliphatic heterocycles. The van der Waals surface area contributed by atoms with E-state index in [2.05, 4.69) is 23.7 Å². The van der Waals surface area contributed by atoms with Crippen LogP contribution in [-0.4, -0.2) is 35.4 Å². The summed E-state index contributed by atoms with van der Waals surface area (Å²) in [5, 5.41) is 9.01. The van der Waals surface area contributed by atoms with Crippen molar-refractivity contribution in [3.05, 3.63) is 23.9 Å². The largest absolute Gasteiger partial charge is 0.392 e. The predicted octanol–water partition coefficient (Wildman–Crippen LogP) is 1.58. The lowest BCUT2D eigenvalue weighted by atomic mass is 10.1. The molecule has 1 aromatic rings. The maximum atomic E-state index is 9.01. The molecule has 1 aromatic heterocycles. The second-order valence-corrected chi connectivity index (χ2v) is 4.54. The highest BCUT2D eigenvalue weighted by atomic mass is 16.5. The fraction of sp³-hybridized carbons (Fsp3) is 0.615. The first-order chi connectivity index (χ1) is 8.24. The lowest BCUT2D eigenvalue weighted by Crippen LogP contribution is -2.49. The number of aliphatic hydroxyl groups excluding tert-OH is 1. The van der Waals surface area contributed by atoms with Gasteiger partial charge in [-0.3, -0.25) is 0 Å². The van der Waals surface area contributed by atoms with Crippen LogP contribution in [0.2, 0.25) is 0 Å². The number of nitrogens with zero attached hydrogens (tertiary/aromatic N) is 2. The van der Waals surface area contributed by atoms with Crippen LogP contribution in [0.5, 0.6) is 0 Å². The van der Waals surface area contributed by atoms with Crippen LogP contribution in [0.4, 0.5) is 5.82 Å². The lowest BCUT2D eigenvalue weighted by molar-refractivity contribution is 0.0296. The molecule has 1 fully saturated rings. The minimum Gasteiger partial charge on any atom is -0.392 e. The van der Waals surface area contributed by atoms with E-state index in [0.717, 1.165) is 31.0 Å². The molecule has 1 saturated heterocycles. The van der Waals surface area contributed by atoms with E-state index in [-0.39, 0.29) is 12.7 Å². The highest BCUT2D eigenvalue weighted by Gasteiger charge is 2.26. The number of hydrogen-bond donors (Lipinski definition) is 1. The van der Waals surface area contributed by atoms with E-state index in [0.29, 0.717) is 6.04 Å². The van der Waals surface area contributed by atoms with E-state index >= 15 is 0 Å². The van der Waals surface area contributed by atoms with Crippen LogP contribution in [0.3, 0.4) is 0 Å². The second kappa shape index (κ2) is 5.47. The zero-order valence-electron chi connectivity index (χ0n) is 10.5. The molecular formula is C13H20N2O2. The average Bonchev–Trinajstić information content (AvgIpc) is 2.39. The fourth-order valence-corrected chi connectivity index (χ4v) is 2.14. The van der Waals surface area contributed by atoms with Gasteiger partial charge in [-0.1, -0.05) is 13.0 Å². The Bertz CT molecular complexity index is 353. The van der Waals surface area contributed by atoms with Gasteiger partial charge in [-0.25, -0.2) is 4.98 Å². The summed E-state index contributed by atoms with van der Waals surface area (Å²) < 4.78 is 5.67. The molecule has 1 aliphatic rings. The first-order valence-corrected chi connectivity index (χ1v) is 6.18. The summed E-state index contributed by atoms with van der Waals surface area (Å²) in [5.74, 6) is 0.976.